The minimum atomic E-state index is 0.572. The quantitative estimate of drug-likeness (QED) is 0.518. The summed E-state index contributed by atoms with van der Waals surface area (Å²) in [6.45, 7) is 1.27. The molecule has 0 radical (unpaired) electrons. The number of nitrogens with zero attached hydrogens (tertiary/aromatic N) is 1. The van der Waals surface area contributed by atoms with E-state index in [1.54, 1.807) is 46.9 Å². The van der Waals surface area contributed by atoms with Gasteiger partial charge in [0.1, 0.15) is 5.01 Å². The fourth-order valence-electron chi connectivity index (χ4n) is 3.15. The number of hydrogen-bond acceptors (Lipinski definition) is 8. The molecule has 0 unspecified atom stereocenters. The Morgan fingerprint density at radius 2 is 1.47 bits per heavy atom. The fourth-order valence-corrected chi connectivity index (χ4v) is 4.02. The van der Waals surface area contributed by atoms with Crippen molar-refractivity contribution in [1.29, 1.82) is 0 Å². The van der Waals surface area contributed by atoms with Gasteiger partial charge in [0.25, 0.3) is 0 Å². The first-order chi connectivity index (χ1) is 14.6. The number of ether oxygens (including phenoxy) is 5. The van der Waals surface area contributed by atoms with E-state index in [9.17, 15) is 0 Å². The third-order valence-electron chi connectivity index (χ3n) is 4.58. The summed E-state index contributed by atoms with van der Waals surface area (Å²) in [6.07, 6.45) is 1.86. The third-order valence-corrected chi connectivity index (χ3v) is 5.63. The van der Waals surface area contributed by atoms with Crippen molar-refractivity contribution in [1.82, 2.24) is 10.3 Å². The van der Waals surface area contributed by atoms with Gasteiger partial charge in [-0.25, -0.2) is 4.98 Å². The summed E-state index contributed by atoms with van der Waals surface area (Å²) in [5, 5.41) is 4.39. The predicted octanol–water partition coefficient (Wildman–Crippen LogP) is 4.14. The van der Waals surface area contributed by atoms with Crippen molar-refractivity contribution in [3.05, 3.63) is 47.1 Å². The molecule has 1 aromatic heterocycles. The molecular weight excluding hydrogens is 404 g/mol. The zero-order valence-corrected chi connectivity index (χ0v) is 18.6. The summed E-state index contributed by atoms with van der Waals surface area (Å²) < 4.78 is 27.1. The standard InChI is InChI=1S/C22H26N2O5S/c1-25-16-8-6-7-14(21(16)28-4)11-23-13-20-24-12-19(30-20)15-9-17(26-2)22(29-5)18(10-15)27-3/h6-10,12,23H,11,13H2,1-5H3. The van der Waals surface area contributed by atoms with E-state index in [4.69, 9.17) is 23.7 Å². The number of para-hydroxylation sites is 1. The predicted molar refractivity (Wildman–Crippen MR) is 117 cm³/mol. The first-order valence-electron chi connectivity index (χ1n) is 9.30. The smallest absolute Gasteiger partial charge is 0.203 e. The molecule has 8 heteroatoms. The second-order valence-electron chi connectivity index (χ2n) is 6.29. The normalized spacial score (nSPS) is 10.6. The topological polar surface area (TPSA) is 71.1 Å². The van der Waals surface area contributed by atoms with E-state index in [0.717, 1.165) is 32.5 Å². The van der Waals surface area contributed by atoms with Crippen LogP contribution in [0, 0.1) is 0 Å². The highest BCUT2D eigenvalue weighted by Gasteiger charge is 2.16. The summed E-state index contributed by atoms with van der Waals surface area (Å²) >= 11 is 1.61. The van der Waals surface area contributed by atoms with E-state index in [1.165, 1.54) is 0 Å². The lowest BCUT2D eigenvalue weighted by Gasteiger charge is -2.13. The molecule has 30 heavy (non-hydrogen) atoms. The van der Waals surface area contributed by atoms with Crippen molar-refractivity contribution in [3.63, 3.8) is 0 Å². The SMILES string of the molecule is COc1cccc(CNCc2ncc(-c3cc(OC)c(OC)c(OC)c3)s2)c1OC. The van der Waals surface area contributed by atoms with Crippen molar-refractivity contribution in [2.24, 2.45) is 0 Å². The van der Waals surface area contributed by atoms with Crippen molar-refractivity contribution in [2.45, 2.75) is 13.1 Å². The van der Waals surface area contributed by atoms with Crippen LogP contribution in [0.2, 0.25) is 0 Å². The highest BCUT2D eigenvalue weighted by molar-refractivity contribution is 7.15. The van der Waals surface area contributed by atoms with Crippen LogP contribution in [-0.2, 0) is 13.1 Å². The number of methoxy groups -OCH3 is 5. The molecule has 0 bridgehead atoms. The van der Waals surface area contributed by atoms with E-state index >= 15 is 0 Å². The molecule has 0 saturated carbocycles. The van der Waals surface area contributed by atoms with Gasteiger partial charge in [-0.1, -0.05) is 12.1 Å². The molecule has 0 aliphatic carbocycles. The molecule has 0 fully saturated rings. The van der Waals surface area contributed by atoms with Crippen LogP contribution in [-0.4, -0.2) is 40.5 Å². The number of hydrogen-bond donors (Lipinski definition) is 1. The molecule has 3 rings (SSSR count). The molecule has 160 valence electrons. The number of benzene rings is 2. The van der Waals surface area contributed by atoms with Gasteiger partial charge in [-0.3, -0.25) is 0 Å². The fraction of sp³-hybridized carbons (Fsp3) is 0.318. The molecule has 2 aromatic carbocycles. The van der Waals surface area contributed by atoms with Crippen molar-refractivity contribution < 1.29 is 23.7 Å². The van der Waals surface area contributed by atoms with Crippen molar-refractivity contribution in [2.75, 3.05) is 35.5 Å². The molecule has 0 aliphatic rings. The van der Waals surface area contributed by atoms with Gasteiger partial charge in [0.15, 0.2) is 23.0 Å². The Morgan fingerprint density at radius 1 is 0.800 bits per heavy atom. The van der Waals surface area contributed by atoms with Crippen LogP contribution in [0.15, 0.2) is 36.5 Å². The lowest BCUT2D eigenvalue weighted by molar-refractivity contribution is 0.324. The van der Waals surface area contributed by atoms with E-state index in [-0.39, 0.29) is 0 Å². The van der Waals surface area contributed by atoms with E-state index in [2.05, 4.69) is 10.3 Å². The summed E-state index contributed by atoms with van der Waals surface area (Å²) in [5.41, 5.74) is 1.99. The maximum Gasteiger partial charge on any atom is 0.203 e. The zero-order chi connectivity index (χ0) is 21.5. The van der Waals surface area contributed by atoms with Crippen molar-refractivity contribution >= 4 is 11.3 Å². The minimum absolute atomic E-state index is 0.572. The lowest BCUT2D eigenvalue weighted by Crippen LogP contribution is -2.13. The van der Waals surface area contributed by atoms with Gasteiger partial charge in [-0.05, 0) is 18.2 Å². The van der Waals surface area contributed by atoms with Gasteiger partial charge in [0.05, 0.1) is 40.4 Å². The van der Waals surface area contributed by atoms with Gasteiger partial charge < -0.3 is 29.0 Å². The largest absolute Gasteiger partial charge is 0.493 e. The molecule has 0 aliphatic heterocycles. The maximum atomic E-state index is 5.48. The average molecular weight is 431 g/mol. The Kier molecular flexibility index (Phi) is 7.37. The first kappa shape index (κ1) is 21.7. The van der Waals surface area contributed by atoms with Gasteiger partial charge >= 0.3 is 0 Å². The second-order valence-corrected chi connectivity index (χ2v) is 7.40. The summed E-state index contributed by atoms with van der Waals surface area (Å²) in [6, 6.07) is 9.69. The number of aromatic nitrogens is 1. The molecule has 7 nitrogen and oxygen atoms in total. The molecule has 0 saturated heterocycles. The van der Waals surface area contributed by atoms with Gasteiger partial charge in [-0.2, -0.15) is 0 Å². The van der Waals surface area contributed by atoms with Crippen LogP contribution in [0.4, 0.5) is 0 Å². The number of nitrogens with one attached hydrogen (secondary N) is 1. The maximum absolute atomic E-state index is 5.48. The highest BCUT2D eigenvalue weighted by atomic mass is 32.1. The van der Waals surface area contributed by atoms with Crippen LogP contribution in [0.25, 0.3) is 10.4 Å². The Hall–Kier alpha value is -2.97. The molecule has 0 atom stereocenters. The monoisotopic (exact) mass is 430 g/mol. The van der Waals surface area contributed by atoms with Crippen LogP contribution >= 0.6 is 11.3 Å². The Bertz CT molecular complexity index is 964. The molecular formula is C22H26N2O5S. The van der Waals surface area contributed by atoms with Crippen LogP contribution in [0.1, 0.15) is 10.6 Å². The Balaban J connectivity index is 1.72. The zero-order valence-electron chi connectivity index (χ0n) is 17.8. The van der Waals surface area contributed by atoms with Gasteiger partial charge in [0, 0.05) is 30.4 Å². The lowest BCUT2D eigenvalue weighted by atomic mass is 10.1. The van der Waals surface area contributed by atoms with Crippen LogP contribution in [0.5, 0.6) is 28.7 Å². The van der Waals surface area contributed by atoms with Crippen LogP contribution < -0.4 is 29.0 Å². The molecule has 0 amide bonds. The van der Waals surface area contributed by atoms with Crippen LogP contribution in [0.3, 0.4) is 0 Å². The molecule has 0 spiro atoms. The Labute approximate surface area is 180 Å². The third kappa shape index (κ3) is 4.60. The summed E-state index contributed by atoms with van der Waals surface area (Å²) in [4.78, 5) is 5.56. The first-order valence-corrected chi connectivity index (χ1v) is 10.1. The number of thiazole rings is 1. The minimum Gasteiger partial charge on any atom is -0.493 e. The highest BCUT2D eigenvalue weighted by Crippen LogP contribution is 2.42. The second kappa shape index (κ2) is 10.2. The van der Waals surface area contributed by atoms with E-state index in [0.29, 0.717) is 30.3 Å². The van der Waals surface area contributed by atoms with E-state index < -0.39 is 0 Å². The molecule has 3 aromatic rings. The summed E-state index contributed by atoms with van der Waals surface area (Å²) in [5.74, 6) is 3.26. The summed E-state index contributed by atoms with van der Waals surface area (Å²) in [7, 11) is 8.08. The number of rotatable bonds is 10. The Morgan fingerprint density at radius 3 is 2.07 bits per heavy atom. The average Bonchev–Trinajstić information content (AvgIpc) is 3.26. The molecule has 1 N–H and O–H groups in total. The molecule has 1 heterocycles. The van der Waals surface area contributed by atoms with Gasteiger partial charge in [-0.15, -0.1) is 11.3 Å². The van der Waals surface area contributed by atoms with Crippen molar-refractivity contribution in [3.8, 4) is 39.2 Å². The van der Waals surface area contributed by atoms with Gasteiger partial charge in [0.2, 0.25) is 5.75 Å². The van der Waals surface area contributed by atoms with E-state index in [1.807, 2.05) is 36.5 Å².